The number of benzene rings is 1. The second-order valence-electron chi connectivity index (χ2n) is 17.2. The molecule has 4 fully saturated rings. The summed E-state index contributed by atoms with van der Waals surface area (Å²) in [7, 11) is -3.51. The number of pyridine rings is 1. The van der Waals surface area contributed by atoms with E-state index < -0.39 is 45.5 Å². The van der Waals surface area contributed by atoms with Crippen molar-refractivity contribution in [3.63, 3.8) is 0 Å². The molecule has 4 aromatic heterocycles. The van der Waals surface area contributed by atoms with E-state index >= 15 is 4.39 Å². The van der Waals surface area contributed by atoms with Crippen molar-refractivity contribution in [1.82, 2.24) is 53.9 Å². The Morgan fingerprint density at radius 1 is 0.905 bits per heavy atom. The zero-order chi connectivity index (χ0) is 43.7. The molecular weight excluding hydrogens is 834 g/mol. The van der Waals surface area contributed by atoms with Gasteiger partial charge in [0.05, 0.1) is 45.2 Å². The van der Waals surface area contributed by atoms with Crippen molar-refractivity contribution < 1.29 is 32.0 Å². The molecule has 5 aliphatic rings. The highest BCUT2D eigenvalue weighted by Crippen LogP contribution is 2.34. The normalized spacial score (nSPS) is 20.6. The molecule has 4 amide bonds. The minimum atomic E-state index is -3.51. The number of carbonyl (C=O) groups excluding carboxylic acids is 4. The molecule has 19 nitrogen and oxygen atoms in total. The average Bonchev–Trinajstić information content (AvgIpc) is 3.81. The third kappa shape index (κ3) is 7.60. The van der Waals surface area contributed by atoms with Crippen LogP contribution in [0.25, 0.3) is 22.3 Å². The summed E-state index contributed by atoms with van der Waals surface area (Å²) in [6.07, 6.45) is 9.49. The van der Waals surface area contributed by atoms with Gasteiger partial charge in [-0.25, -0.2) is 27.8 Å². The highest BCUT2D eigenvalue weighted by atomic mass is 32.2. The quantitative estimate of drug-likeness (QED) is 0.183. The summed E-state index contributed by atoms with van der Waals surface area (Å²) < 4.78 is 43.7. The molecule has 63 heavy (non-hydrogen) atoms. The summed E-state index contributed by atoms with van der Waals surface area (Å²) in [4.78, 5) is 72.1. The summed E-state index contributed by atoms with van der Waals surface area (Å²) >= 11 is 0. The number of hydrogen-bond donors (Lipinski definition) is 2. The van der Waals surface area contributed by atoms with Gasteiger partial charge in [0.15, 0.2) is 11.6 Å². The van der Waals surface area contributed by atoms with Gasteiger partial charge >= 0.3 is 0 Å². The van der Waals surface area contributed by atoms with Crippen LogP contribution in [-0.2, 0) is 26.2 Å². The Morgan fingerprint density at radius 2 is 1.68 bits per heavy atom. The molecule has 1 unspecified atom stereocenters. The van der Waals surface area contributed by atoms with Crippen molar-refractivity contribution in [1.29, 1.82) is 0 Å². The lowest BCUT2D eigenvalue weighted by molar-refractivity contribution is -0.136. The van der Waals surface area contributed by atoms with E-state index in [1.54, 1.807) is 18.3 Å². The maximum atomic E-state index is 15.4. The van der Waals surface area contributed by atoms with Gasteiger partial charge in [0.2, 0.25) is 11.8 Å². The van der Waals surface area contributed by atoms with Gasteiger partial charge < -0.3 is 10.2 Å². The molecule has 1 atom stereocenters. The van der Waals surface area contributed by atoms with E-state index in [-0.39, 0.29) is 35.3 Å². The van der Waals surface area contributed by atoms with Crippen LogP contribution in [0.2, 0.25) is 0 Å². The Kier molecular flexibility index (Phi) is 10.3. The number of hydrogen-bond acceptors (Lipinski definition) is 15. The second kappa shape index (κ2) is 15.9. The summed E-state index contributed by atoms with van der Waals surface area (Å²) in [6, 6.07) is 5.87. The van der Waals surface area contributed by atoms with Crippen LogP contribution in [0.15, 0.2) is 49.1 Å². The molecule has 4 aliphatic heterocycles. The van der Waals surface area contributed by atoms with E-state index in [0.717, 1.165) is 77.8 Å². The van der Waals surface area contributed by atoms with E-state index in [9.17, 15) is 27.6 Å². The van der Waals surface area contributed by atoms with Crippen LogP contribution in [0.5, 0.6) is 0 Å². The first kappa shape index (κ1) is 40.9. The minimum absolute atomic E-state index is 0.00661. The molecule has 8 heterocycles. The number of rotatable bonds is 11. The lowest BCUT2D eigenvalue weighted by Crippen LogP contribution is -2.54. The number of amides is 4. The van der Waals surface area contributed by atoms with Gasteiger partial charge in [0.25, 0.3) is 21.8 Å². The van der Waals surface area contributed by atoms with Crippen LogP contribution in [0.3, 0.4) is 0 Å². The number of anilines is 3. The fraction of sp³-hybridized carbons (Fsp3) is 0.452. The molecule has 3 saturated heterocycles. The Hall–Kier alpha value is -6.19. The number of fused-ring (bicyclic) bond motifs is 2. The van der Waals surface area contributed by atoms with Crippen LogP contribution in [0, 0.1) is 5.82 Å². The van der Waals surface area contributed by atoms with Crippen molar-refractivity contribution in [3.8, 4) is 11.4 Å². The third-order valence-electron chi connectivity index (χ3n) is 12.6. The number of likely N-dealkylation sites (tertiary alicyclic amines) is 1. The van der Waals surface area contributed by atoms with Crippen molar-refractivity contribution in [2.24, 2.45) is 0 Å². The standard InChI is InChI=1S/C42H46FN13O6S/c1-24(2)56-33-19-35(47-34-7-10-44-38(48-34)26-20-46-54(23-26)63(61,62)28-3-4-28)45-21-30(33)39(50-56)53-15-13-52(14-16-53)27-8-11-51(12-9-27)22-25-17-29-37(31(43)18-25)42(60)55(41(29)59)32-5-6-36(57)49-40(32)58/h7,10,17-21,23-24,27-28,32H,3-6,8-9,11-16,22H2,1-2H3,(H,49,57,58)(H,44,45,47,48). The fourth-order valence-corrected chi connectivity index (χ4v) is 10.7. The van der Waals surface area contributed by atoms with E-state index in [4.69, 9.17) is 10.1 Å². The van der Waals surface area contributed by atoms with Crippen molar-refractivity contribution in [3.05, 3.63) is 71.6 Å². The molecule has 0 spiro atoms. The number of aromatic nitrogens is 7. The number of piperazine rings is 1. The number of piperidine rings is 2. The highest BCUT2D eigenvalue weighted by molar-refractivity contribution is 7.90. The smallest absolute Gasteiger partial charge is 0.265 e. The predicted octanol–water partition coefficient (Wildman–Crippen LogP) is 3.08. The first-order chi connectivity index (χ1) is 30.3. The molecule has 0 bridgehead atoms. The molecule has 1 saturated carbocycles. The summed E-state index contributed by atoms with van der Waals surface area (Å²) in [5, 5.41) is 15.2. The number of halogens is 1. The van der Waals surface area contributed by atoms with Crippen LogP contribution < -0.4 is 15.5 Å². The number of imide groups is 2. The van der Waals surface area contributed by atoms with Crippen LogP contribution in [0.4, 0.5) is 21.8 Å². The molecule has 5 aromatic rings. The monoisotopic (exact) mass is 879 g/mol. The summed E-state index contributed by atoms with van der Waals surface area (Å²) in [6.45, 7) is 9.50. The van der Waals surface area contributed by atoms with Crippen LogP contribution >= 0.6 is 0 Å². The van der Waals surface area contributed by atoms with Gasteiger partial charge in [-0.05, 0) is 82.8 Å². The average molecular weight is 880 g/mol. The molecule has 10 rings (SSSR count). The molecule has 21 heteroatoms. The SMILES string of the molecule is CC(C)n1nc(N2CCN(C3CCN(Cc4cc(F)c5c(c4)C(=O)N(C4CCC(=O)NC4=O)C5=O)CC3)CC2)c2cnc(Nc3ccnc(-c4cnn(S(=O)(=O)C5CC5)c4)n3)cc21. The van der Waals surface area contributed by atoms with Crippen molar-refractivity contribution in [2.75, 3.05) is 49.5 Å². The Labute approximate surface area is 361 Å². The molecule has 1 aromatic carbocycles. The van der Waals surface area contributed by atoms with E-state index in [1.807, 2.05) is 16.9 Å². The van der Waals surface area contributed by atoms with Gasteiger partial charge in [0, 0.05) is 69.7 Å². The zero-order valence-corrected chi connectivity index (χ0v) is 35.6. The van der Waals surface area contributed by atoms with Crippen molar-refractivity contribution in [2.45, 2.75) is 82.3 Å². The lowest BCUT2D eigenvalue weighted by Gasteiger charge is -2.43. The molecule has 328 valence electrons. The van der Waals surface area contributed by atoms with Gasteiger partial charge in [0.1, 0.15) is 23.5 Å². The van der Waals surface area contributed by atoms with E-state index in [2.05, 4.69) is 54.2 Å². The number of nitrogens with one attached hydrogen (secondary N) is 2. The number of nitrogens with zero attached hydrogens (tertiary/aromatic N) is 11. The summed E-state index contributed by atoms with van der Waals surface area (Å²) in [5.74, 6) is -1.26. The highest BCUT2D eigenvalue weighted by Gasteiger charge is 2.46. The molecular formula is C42H46FN13O6S. The Morgan fingerprint density at radius 3 is 2.41 bits per heavy atom. The van der Waals surface area contributed by atoms with Crippen LogP contribution in [-0.4, -0.2) is 137 Å². The van der Waals surface area contributed by atoms with Gasteiger partial charge in [-0.3, -0.25) is 43.9 Å². The first-order valence-corrected chi connectivity index (χ1v) is 22.9. The fourth-order valence-electron chi connectivity index (χ4n) is 9.18. The van der Waals surface area contributed by atoms with Crippen LogP contribution in [0.1, 0.15) is 84.7 Å². The van der Waals surface area contributed by atoms with Gasteiger partial charge in [-0.1, -0.05) is 0 Å². The maximum absolute atomic E-state index is 15.4. The molecule has 0 radical (unpaired) electrons. The van der Waals surface area contributed by atoms with Crippen molar-refractivity contribution >= 4 is 62.0 Å². The maximum Gasteiger partial charge on any atom is 0.265 e. The Bertz CT molecular complexity index is 2790. The first-order valence-electron chi connectivity index (χ1n) is 21.4. The second-order valence-corrected chi connectivity index (χ2v) is 19.2. The Balaban J connectivity index is 0.756. The minimum Gasteiger partial charge on any atom is -0.352 e. The van der Waals surface area contributed by atoms with E-state index in [1.165, 1.54) is 18.5 Å². The zero-order valence-electron chi connectivity index (χ0n) is 34.8. The lowest BCUT2D eigenvalue weighted by atomic mass is 10.00. The van der Waals surface area contributed by atoms with Gasteiger partial charge in [-0.2, -0.15) is 14.3 Å². The predicted molar refractivity (Wildman–Crippen MR) is 227 cm³/mol. The van der Waals surface area contributed by atoms with Gasteiger partial charge in [-0.15, -0.1) is 0 Å². The number of carbonyl (C=O) groups is 4. The largest absolute Gasteiger partial charge is 0.352 e. The molecule has 2 N–H and O–H groups in total. The third-order valence-corrected chi connectivity index (χ3v) is 14.7. The summed E-state index contributed by atoms with van der Waals surface area (Å²) in [5.41, 5.74) is 1.64. The van der Waals surface area contributed by atoms with E-state index in [0.29, 0.717) is 54.0 Å². The molecule has 1 aliphatic carbocycles. The topological polar surface area (TPSA) is 214 Å².